The second-order valence-corrected chi connectivity index (χ2v) is 12.4. The first kappa shape index (κ1) is 33.0. The summed E-state index contributed by atoms with van der Waals surface area (Å²) in [7, 11) is 0. The number of aryl methyl sites for hydroxylation is 1. The molecule has 0 saturated carbocycles. The standard InChI is InChI=1S/C29H41N5O7S/c1-17(19-7-9-20(10-8-19)24-18(2)31-16-42-24)32-26(37)22-13-21(35)14-34(22)27(38)25(29(3,4)5)33-23(36)15-41-12-6-11-30-28(39)40/h7-10,16-17,21-22,25,30,35H,6,11-15H2,1-5H3,(H,32,37)(H,33,36)(H,39,40)/t17?,21-,22+,25?/m1/s1. The zero-order valence-electron chi connectivity index (χ0n) is 24.7. The smallest absolute Gasteiger partial charge is 0.404 e. The monoisotopic (exact) mass is 603 g/mol. The van der Waals surface area contributed by atoms with Crippen LogP contribution in [0.3, 0.4) is 0 Å². The second kappa shape index (κ2) is 14.6. The maximum atomic E-state index is 13.7. The van der Waals surface area contributed by atoms with E-state index >= 15 is 0 Å². The lowest BCUT2D eigenvalue weighted by atomic mass is 9.85. The molecule has 0 aliphatic carbocycles. The van der Waals surface area contributed by atoms with E-state index < -0.39 is 41.5 Å². The fraction of sp³-hybridized carbons (Fsp3) is 0.552. The van der Waals surface area contributed by atoms with Gasteiger partial charge >= 0.3 is 6.09 Å². The van der Waals surface area contributed by atoms with Crippen molar-refractivity contribution in [3.63, 3.8) is 0 Å². The molecule has 4 amide bonds. The van der Waals surface area contributed by atoms with Crippen LogP contribution in [0, 0.1) is 12.3 Å². The quantitative estimate of drug-likeness (QED) is 0.230. The summed E-state index contributed by atoms with van der Waals surface area (Å²) in [5, 5.41) is 26.9. The van der Waals surface area contributed by atoms with Crippen LogP contribution in [-0.2, 0) is 19.1 Å². The van der Waals surface area contributed by atoms with Crippen molar-refractivity contribution in [2.45, 2.75) is 71.7 Å². The number of carbonyl (C=O) groups is 4. The molecule has 230 valence electrons. The van der Waals surface area contributed by atoms with Gasteiger partial charge in [0.1, 0.15) is 18.7 Å². The summed E-state index contributed by atoms with van der Waals surface area (Å²) >= 11 is 1.57. The molecule has 13 heteroatoms. The number of aromatic nitrogens is 1. The Morgan fingerprint density at radius 1 is 1.17 bits per heavy atom. The number of likely N-dealkylation sites (tertiary alicyclic amines) is 1. The van der Waals surface area contributed by atoms with Crippen LogP contribution in [-0.4, -0.2) is 88.4 Å². The van der Waals surface area contributed by atoms with Crippen molar-refractivity contribution in [2.75, 3.05) is 26.3 Å². The predicted octanol–water partition coefficient (Wildman–Crippen LogP) is 2.46. The summed E-state index contributed by atoms with van der Waals surface area (Å²) in [6.07, 6.45) is -1.53. The Morgan fingerprint density at radius 2 is 1.86 bits per heavy atom. The minimum atomic E-state index is -1.13. The molecular formula is C29H41N5O7S. The molecule has 0 bridgehead atoms. The number of hydrogen-bond acceptors (Lipinski definition) is 8. The number of benzene rings is 1. The van der Waals surface area contributed by atoms with Gasteiger partial charge in [0.15, 0.2) is 0 Å². The minimum Gasteiger partial charge on any atom is -0.465 e. The molecule has 1 aliphatic heterocycles. The van der Waals surface area contributed by atoms with Gasteiger partial charge in [0.2, 0.25) is 17.7 Å². The van der Waals surface area contributed by atoms with Crippen molar-refractivity contribution in [1.82, 2.24) is 25.8 Å². The number of carbonyl (C=O) groups excluding carboxylic acids is 3. The molecule has 5 N–H and O–H groups in total. The van der Waals surface area contributed by atoms with E-state index in [0.717, 1.165) is 21.7 Å². The number of rotatable bonds is 12. The summed E-state index contributed by atoms with van der Waals surface area (Å²) in [5.41, 5.74) is 4.01. The predicted molar refractivity (Wildman–Crippen MR) is 158 cm³/mol. The maximum Gasteiger partial charge on any atom is 0.404 e. The third-order valence-corrected chi connectivity index (χ3v) is 8.01. The number of hydrogen-bond donors (Lipinski definition) is 5. The van der Waals surface area contributed by atoms with Gasteiger partial charge in [-0.05, 0) is 36.8 Å². The first-order valence-electron chi connectivity index (χ1n) is 13.9. The third-order valence-electron chi connectivity index (χ3n) is 7.04. The first-order valence-corrected chi connectivity index (χ1v) is 14.8. The Morgan fingerprint density at radius 3 is 2.45 bits per heavy atom. The summed E-state index contributed by atoms with van der Waals surface area (Å²) in [4.78, 5) is 56.9. The second-order valence-electron chi connectivity index (χ2n) is 11.5. The zero-order chi connectivity index (χ0) is 31.0. The number of nitrogens with one attached hydrogen (secondary N) is 3. The van der Waals surface area contributed by atoms with Gasteiger partial charge in [-0.3, -0.25) is 14.4 Å². The topological polar surface area (TPSA) is 170 Å². The highest BCUT2D eigenvalue weighted by Crippen LogP contribution is 2.29. The lowest BCUT2D eigenvalue weighted by Gasteiger charge is -2.35. The Bertz CT molecular complexity index is 1240. The number of β-amino-alcohol motifs (C(OH)–C–C–N with tert-alkyl or cyclic N) is 1. The average Bonchev–Trinajstić information content (AvgIpc) is 3.53. The van der Waals surface area contributed by atoms with Crippen LogP contribution in [0.4, 0.5) is 4.79 Å². The van der Waals surface area contributed by atoms with Gasteiger partial charge in [0, 0.05) is 26.1 Å². The Kier molecular flexibility index (Phi) is 11.4. The number of aliphatic hydroxyl groups excluding tert-OH is 1. The van der Waals surface area contributed by atoms with Crippen molar-refractivity contribution < 1.29 is 34.1 Å². The molecule has 1 aromatic carbocycles. The maximum absolute atomic E-state index is 13.7. The van der Waals surface area contributed by atoms with E-state index in [1.54, 1.807) is 37.6 Å². The summed E-state index contributed by atoms with van der Waals surface area (Å²) in [6.45, 7) is 9.24. The average molecular weight is 604 g/mol. The van der Waals surface area contributed by atoms with Crippen LogP contribution < -0.4 is 16.0 Å². The van der Waals surface area contributed by atoms with Crippen molar-refractivity contribution >= 4 is 35.2 Å². The lowest BCUT2D eigenvalue weighted by molar-refractivity contribution is -0.144. The van der Waals surface area contributed by atoms with Crippen molar-refractivity contribution in [3.8, 4) is 10.4 Å². The number of amides is 4. The Hall–Kier alpha value is -3.55. The molecule has 2 heterocycles. The summed E-state index contributed by atoms with van der Waals surface area (Å²) < 4.78 is 5.32. The summed E-state index contributed by atoms with van der Waals surface area (Å²) in [5.74, 6) is -1.36. The summed E-state index contributed by atoms with van der Waals surface area (Å²) in [6, 6.07) is 5.66. The van der Waals surface area contributed by atoms with E-state index in [-0.39, 0.29) is 44.7 Å². The minimum absolute atomic E-state index is 0.0241. The lowest BCUT2D eigenvalue weighted by Crippen LogP contribution is -2.58. The SMILES string of the molecule is Cc1ncsc1-c1ccc(C(C)NC(=O)[C@@H]2C[C@@H](O)CN2C(=O)C(NC(=O)COCCCNC(=O)O)C(C)(C)C)cc1. The largest absolute Gasteiger partial charge is 0.465 e. The normalized spacial score (nSPS) is 18.3. The Labute approximate surface area is 249 Å². The van der Waals surface area contributed by atoms with E-state index in [1.807, 2.05) is 38.1 Å². The first-order chi connectivity index (χ1) is 19.8. The fourth-order valence-electron chi connectivity index (χ4n) is 4.75. The van der Waals surface area contributed by atoms with E-state index in [1.165, 1.54) is 4.90 Å². The van der Waals surface area contributed by atoms with Crippen LogP contribution in [0.15, 0.2) is 29.8 Å². The van der Waals surface area contributed by atoms with Crippen LogP contribution >= 0.6 is 11.3 Å². The number of nitrogens with zero attached hydrogens (tertiary/aromatic N) is 2. The molecule has 1 aliphatic rings. The highest BCUT2D eigenvalue weighted by atomic mass is 32.1. The van der Waals surface area contributed by atoms with E-state index in [4.69, 9.17) is 9.84 Å². The van der Waals surface area contributed by atoms with Gasteiger partial charge in [0.25, 0.3) is 0 Å². The number of aliphatic hydroxyl groups is 1. The van der Waals surface area contributed by atoms with Crippen molar-refractivity contribution in [1.29, 1.82) is 0 Å². The number of carboxylic acid groups (broad SMARTS) is 1. The highest BCUT2D eigenvalue weighted by Gasteiger charge is 2.44. The number of thiazole rings is 1. The Balaban J connectivity index is 1.62. The molecule has 1 saturated heterocycles. The molecule has 1 aromatic heterocycles. The molecule has 1 fully saturated rings. The zero-order valence-corrected chi connectivity index (χ0v) is 25.5. The van der Waals surface area contributed by atoms with E-state index in [2.05, 4.69) is 20.9 Å². The van der Waals surface area contributed by atoms with Crippen molar-refractivity contribution in [2.24, 2.45) is 5.41 Å². The van der Waals surface area contributed by atoms with Crippen molar-refractivity contribution in [3.05, 3.63) is 41.0 Å². The van der Waals surface area contributed by atoms with Gasteiger partial charge in [-0.15, -0.1) is 11.3 Å². The van der Waals surface area contributed by atoms with Gasteiger partial charge in [-0.1, -0.05) is 45.0 Å². The van der Waals surface area contributed by atoms with Crippen LogP contribution in [0.25, 0.3) is 10.4 Å². The molecule has 0 spiro atoms. The molecule has 2 unspecified atom stereocenters. The fourth-order valence-corrected chi connectivity index (χ4v) is 5.56. The van der Waals surface area contributed by atoms with Gasteiger partial charge in [-0.2, -0.15) is 0 Å². The van der Waals surface area contributed by atoms with E-state index in [0.29, 0.717) is 6.42 Å². The molecule has 12 nitrogen and oxygen atoms in total. The van der Waals surface area contributed by atoms with Gasteiger partial charge < -0.3 is 35.8 Å². The molecule has 4 atom stereocenters. The molecule has 42 heavy (non-hydrogen) atoms. The highest BCUT2D eigenvalue weighted by molar-refractivity contribution is 7.13. The van der Waals surface area contributed by atoms with Crippen LogP contribution in [0.1, 0.15) is 57.8 Å². The molecule has 2 aromatic rings. The van der Waals surface area contributed by atoms with Crippen LogP contribution in [0.5, 0.6) is 0 Å². The third kappa shape index (κ3) is 8.97. The molecular weight excluding hydrogens is 562 g/mol. The van der Waals surface area contributed by atoms with Gasteiger partial charge in [0.05, 0.1) is 28.2 Å². The molecule has 0 radical (unpaired) electrons. The van der Waals surface area contributed by atoms with Crippen LogP contribution in [0.2, 0.25) is 0 Å². The number of ether oxygens (including phenoxy) is 1. The van der Waals surface area contributed by atoms with E-state index in [9.17, 15) is 24.3 Å². The van der Waals surface area contributed by atoms with Gasteiger partial charge in [-0.25, -0.2) is 9.78 Å². The molecule has 3 rings (SSSR count).